The van der Waals surface area contributed by atoms with Gasteiger partial charge in [0.25, 0.3) is 0 Å². The van der Waals surface area contributed by atoms with Crippen LogP contribution >= 0.6 is 7.82 Å². The number of ether oxygens (including phenoxy) is 1. The van der Waals surface area contributed by atoms with Gasteiger partial charge >= 0.3 is 7.82 Å². The number of phosphoric acid groups is 1. The van der Waals surface area contributed by atoms with Crippen LogP contribution in [0.25, 0.3) is 5.52 Å². The number of anilines is 1. The molecule has 156 valence electrons. The second kappa shape index (κ2) is 6.76. The highest BCUT2D eigenvalue weighted by Gasteiger charge is 2.61. The first-order valence-electron chi connectivity index (χ1n) is 9.29. The molecule has 2 aromatic heterocycles. The summed E-state index contributed by atoms with van der Waals surface area (Å²) < 4.78 is 37.4. The van der Waals surface area contributed by atoms with Gasteiger partial charge in [-0.15, -0.1) is 0 Å². The fraction of sp³-hybridized carbons (Fsp3) is 0.611. The third-order valence-electron chi connectivity index (χ3n) is 5.10. The van der Waals surface area contributed by atoms with Gasteiger partial charge in [-0.3, -0.25) is 13.6 Å². The van der Waals surface area contributed by atoms with Crippen LogP contribution in [-0.4, -0.2) is 40.0 Å². The van der Waals surface area contributed by atoms with Gasteiger partial charge in [0.05, 0.1) is 25.0 Å². The lowest BCUT2D eigenvalue weighted by atomic mass is 9.79. The quantitative estimate of drug-likeness (QED) is 0.742. The Balaban J connectivity index is 1.66. The minimum atomic E-state index is -3.82. The summed E-state index contributed by atoms with van der Waals surface area (Å²) >= 11 is 0. The molecule has 2 aromatic rings. The predicted octanol–water partition coefficient (Wildman–Crippen LogP) is 2.87. The third kappa shape index (κ3) is 3.43. The molecule has 4 heterocycles. The van der Waals surface area contributed by atoms with Gasteiger partial charge in [-0.05, 0) is 24.5 Å². The van der Waals surface area contributed by atoms with E-state index in [2.05, 4.69) is 16.2 Å². The summed E-state index contributed by atoms with van der Waals surface area (Å²) in [6.45, 7) is 7.75. The maximum Gasteiger partial charge on any atom is 0.475 e. The summed E-state index contributed by atoms with van der Waals surface area (Å²) in [5.41, 5.74) is 5.78. The van der Waals surface area contributed by atoms with E-state index in [1.54, 1.807) is 23.6 Å². The van der Waals surface area contributed by atoms with Crippen molar-refractivity contribution in [2.75, 3.05) is 18.9 Å². The highest BCUT2D eigenvalue weighted by atomic mass is 31.2. The molecule has 0 unspecified atom stereocenters. The van der Waals surface area contributed by atoms with E-state index >= 15 is 0 Å². The van der Waals surface area contributed by atoms with E-state index in [-0.39, 0.29) is 18.6 Å². The van der Waals surface area contributed by atoms with Gasteiger partial charge < -0.3 is 10.5 Å². The lowest BCUT2D eigenvalue weighted by molar-refractivity contribution is -0.0634. The van der Waals surface area contributed by atoms with Crippen molar-refractivity contribution < 1.29 is 22.9 Å². The van der Waals surface area contributed by atoms with Crippen molar-refractivity contribution in [3.05, 3.63) is 24.2 Å². The van der Waals surface area contributed by atoms with Crippen LogP contribution in [0.2, 0.25) is 0 Å². The van der Waals surface area contributed by atoms with E-state index < -0.39 is 31.5 Å². The number of aromatic nitrogens is 3. The van der Waals surface area contributed by atoms with E-state index in [4.69, 9.17) is 24.0 Å². The van der Waals surface area contributed by atoms with Gasteiger partial charge in [-0.1, -0.05) is 20.8 Å². The van der Waals surface area contributed by atoms with Crippen molar-refractivity contribution in [3.8, 4) is 6.07 Å². The zero-order valence-corrected chi connectivity index (χ0v) is 17.6. The smallest absolute Gasteiger partial charge is 0.382 e. The Labute approximate surface area is 168 Å². The molecule has 11 heteroatoms. The van der Waals surface area contributed by atoms with Gasteiger partial charge in [0, 0.05) is 0 Å². The molecule has 10 nitrogen and oxygen atoms in total. The second-order valence-corrected chi connectivity index (χ2v) is 10.4. The van der Waals surface area contributed by atoms with E-state index in [1.807, 2.05) is 20.8 Å². The van der Waals surface area contributed by atoms with Crippen LogP contribution in [0, 0.1) is 22.2 Å². The van der Waals surface area contributed by atoms with Crippen molar-refractivity contribution in [1.29, 1.82) is 5.26 Å². The first-order valence-corrected chi connectivity index (χ1v) is 10.7. The van der Waals surface area contributed by atoms with E-state index in [0.717, 1.165) is 0 Å². The summed E-state index contributed by atoms with van der Waals surface area (Å²) in [5.74, 6) is 0.319. The van der Waals surface area contributed by atoms with Gasteiger partial charge in [0.2, 0.25) is 0 Å². The first kappa shape index (κ1) is 20.3. The van der Waals surface area contributed by atoms with Gasteiger partial charge in [-0.2, -0.15) is 10.4 Å². The van der Waals surface area contributed by atoms with Crippen LogP contribution in [0.5, 0.6) is 0 Å². The number of rotatable bonds is 3. The molecule has 2 saturated heterocycles. The molecule has 0 amide bonds. The summed E-state index contributed by atoms with van der Waals surface area (Å²) in [5, 5.41) is 14.3. The average Bonchev–Trinajstić information content (AvgIpc) is 3.20. The highest BCUT2D eigenvalue weighted by Crippen LogP contribution is 2.62. The number of nitrogen functional groups attached to an aromatic ring is 1. The summed E-state index contributed by atoms with van der Waals surface area (Å²) in [6, 6.07) is 5.85. The van der Waals surface area contributed by atoms with Crippen molar-refractivity contribution in [3.63, 3.8) is 0 Å². The third-order valence-corrected chi connectivity index (χ3v) is 6.50. The SMILES string of the molecule is CC(C)(C)CO[P@]1(=O)OC[C@H]2O[C@@H](c3ccc4c(N)ncnn34)[C@](C)(C#N)[C@@H]2O1. The van der Waals surface area contributed by atoms with Crippen LogP contribution in [0.4, 0.5) is 5.82 Å². The van der Waals surface area contributed by atoms with Crippen LogP contribution in [-0.2, 0) is 22.9 Å². The molecule has 2 fully saturated rings. The molecule has 0 aromatic carbocycles. The Kier molecular flexibility index (Phi) is 4.72. The second-order valence-electron chi connectivity index (χ2n) is 8.75. The molecule has 0 spiro atoms. The largest absolute Gasteiger partial charge is 0.475 e. The van der Waals surface area contributed by atoms with Crippen molar-refractivity contribution in [1.82, 2.24) is 14.6 Å². The lowest BCUT2D eigenvalue weighted by Gasteiger charge is -2.35. The topological polar surface area (TPSA) is 134 Å². The predicted molar refractivity (Wildman–Crippen MR) is 103 cm³/mol. The van der Waals surface area contributed by atoms with Crippen molar-refractivity contribution in [2.24, 2.45) is 10.8 Å². The fourth-order valence-electron chi connectivity index (χ4n) is 3.57. The zero-order valence-electron chi connectivity index (χ0n) is 16.7. The standard InChI is InChI=1S/C18H24N5O5P/c1-17(2,3)9-26-29(24)25-7-13-15(28-29)18(4,8-19)14(27-13)11-5-6-12-16(20)21-10-22-23(11)12/h5-6,10,13-15H,7,9H2,1-4H3,(H2,20,21,22)/t13-,14+,15-,18+,29+/m1/s1. The maximum atomic E-state index is 13.0. The summed E-state index contributed by atoms with van der Waals surface area (Å²) in [6.07, 6.45) is -0.723. The molecule has 0 radical (unpaired) electrons. The van der Waals surface area contributed by atoms with Gasteiger partial charge in [0.1, 0.15) is 35.6 Å². The zero-order chi connectivity index (χ0) is 21.0. The number of hydrogen-bond acceptors (Lipinski definition) is 9. The highest BCUT2D eigenvalue weighted by molar-refractivity contribution is 7.48. The fourth-order valence-corrected chi connectivity index (χ4v) is 5.28. The van der Waals surface area contributed by atoms with E-state index in [1.165, 1.54) is 6.33 Å². The summed E-state index contributed by atoms with van der Waals surface area (Å²) in [7, 11) is -3.82. The number of nitrogens with zero attached hydrogens (tertiary/aromatic N) is 4. The summed E-state index contributed by atoms with van der Waals surface area (Å²) in [4.78, 5) is 3.98. The number of fused-ring (bicyclic) bond motifs is 2. The molecule has 2 N–H and O–H groups in total. The normalized spacial score (nSPS) is 34.8. The van der Waals surface area contributed by atoms with E-state index in [0.29, 0.717) is 17.0 Å². The minimum absolute atomic E-state index is 0.000286. The molecular weight excluding hydrogens is 397 g/mol. The molecule has 29 heavy (non-hydrogen) atoms. The first-order chi connectivity index (χ1) is 13.6. The molecule has 0 bridgehead atoms. The number of nitriles is 1. The maximum absolute atomic E-state index is 13.0. The minimum Gasteiger partial charge on any atom is -0.382 e. The van der Waals surface area contributed by atoms with Gasteiger partial charge in [-0.25, -0.2) is 14.1 Å². The number of nitrogens with two attached hydrogens (primary N) is 1. The molecule has 2 aliphatic heterocycles. The van der Waals surface area contributed by atoms with Crippen LogP contribution in [0.3, 0.4) is 0 Å². The Hall–Kier alpha value is -2.02. The monoisotopic (exact) mass is 421 g/mol. The van der Waals surface area contributed by atoms with Gasteiger partial charge in [0.15, 0.2) is 5.82 Å². The number of hydrogen-bond donors (Lipinski definition) is 1. The average molecular weight is 421 g/mol. The van der Waals surface area contributed by atoms with Crippen LogP contribution in [0.1, 0.15) is 39.5 Å². The lowest BCUT2D eigenvalue weighted by Crippen LogP contribution is -2.42. The molecule has 5 atom stereocenters. The van der Waals surface area contributed by atoms with Crippen molar-refractivity contribution >= 4 is 19.2 Å². The molecule has 0 saturated carbocycles. The molecule has 2 aliphatic rings. The van der Waals surface area contributed by atoms with Crippen LogP contribution < -0.4 is 5.73 Å². The van der Waals surface area contributed by atoms with Crippen LogP contribution in [0.15, 0.2) is 18.5 Å². The Bertz CT molecular complexity index is 1030. The molecular formula is C18H24N5O5P. The van der Waals surface area contributed by atoms with Crippen molar-refractivity contribution in [2.45, 2.75) is 46.0 Å². The Morgan fingerprint density at radius 3 is 2.93 bits per heavy atom. The Morgan fingerprint density at radius 2 is 2.24 bits per heavy atom. The number of phosphoric ester groups is 1. The Morgan fingerprint density at radius 1 is 1.48 bits per heavy atom. The molecule has 4 rings (SSSR count). The van der Waals surface area contributed by atoms with E-state index in [9.17, 15) is 9.83 Å². The molecule has 0 aliphatic carbocycles.